The Morgan fingerprint density at radius 1 is 1.11 bits per heavy atom. The lowest BCUT2D eigenvalue weighted by molar-refractivity contribution is -0.138. The molecule has 2 aromatic heterocycles. The van der Waals surface area contributed by atoms with Crippen LogP contribution in [0.1, 0.15) is 33.1 Å². The molecule has 4 aromatic rings. The summed E-state index contributed by atoms with van der Waals surface area (Å²) in [5, 5.41) is 4.73. The molecule has 13 heteroatoms. The average Bonchev–Trinajstić information content (AvgIpc) is 3.40. The second kappa shape index (κ2) is 7.73. The van der Waals surface area contributed by atoms with Crippen LogP contribution in [0.4, 0.5) is 32.2 Å². The molecule has 188 valence electrons. The maximum absolute atomic E-state index is 14.0. The fourth-order valence-electron chi connectivity index (χ4n) is 4.44. The van der Waals surface area contributed by atoms with E-state index in [0.29, 0.717) is 10.9 Å². The number of nitrogens with zero attached hydrogens (tertiary/aromatic N) is 4. The maximum atomic E-state index is 14.0. The maximum Gasteiger partial charge on any atom is 0.417 e. The number of ether oxygens (including phenoxy) is 1. The fourth-order valence-corrected chi connectivity index (χ4v) is 4.44. The predicted octanol–water partition coefficient (Wildman–Crippen LogP) is 4.95. The van der Waals surface area contributed by atoms with Crippen molar-refractivity contribution in [1.82, 2.24) is 19.7 Å². The number of aryl methyl sites for hydroxylation is 1. The Kier molecular flexibility index (Phi) is 5.09. The van der Waals surface area contributed by atoms with E-state index in [2.05, 4.69) is 10.1 Å². The molecular formula is C23H17F6N5O2. The summed E-state index contributed by atoms with van der Waals surface area (Å²) in [4.78, 5) is 18.5. The van der Waals surface area contributed by atoms with Crippen LogP contribution in [0.15, 0.2) is 36.5 Å². The van der Waals surface area contributed by atoms with Gasteiger partial charge in [-0.15, -0.1) is 0 Å². The van der Waals surface area contributed by atoms with Crippen molar-refractivity contribution in [2.24, 2.45) is 7.05 Å². The minimum absolute atomic E-state index is 0.00661. The number of rotatable bonds is 2. The molecule has 0 aliphatic carbocycles. The summed E-state index contributed by atoms with van der Waals surface area (Å²) >= 11 is 0. The van der Waals surface area contributed by atoms with Crippen molar-refractivity contribution in [3.63, 3.8) is 0 Å². The fraction of sp³-hybridized carbons (Fsp3) is 0.261. The van der Waals surface area contributed by atoms with Crippen LogP contribution in [-0.4, -0.2) is 39.2 Å². The molecule has 0 saturated carbocycles. The molecule has 2 N–H and O–H groups in total. The molecule has 0 unspecified atom stereocenters. The molecule has 2 aromatic carbocycles. The van der Waals surface area contributed by atoms with E-state index in [1.165, 1.54) is 17.9 Å². The highest BCUT2D eigenvalue weighted by Gasteiger charge is 2.40. The number of benzene rings is 2. The Morgan fingerprint density at radius 2 is 1.83 bits per heavy atom. The van der Waals surface area contributed by atoms with E-state index < -0.39 is 41.0 Å². The van der Waals surface area contributed by atoms with Crippen LogP contribution >= 0.6 is 0 Å². The van der Waals surface area contributed by atoms with E-state index in [9.17, 15) is 31.1 Å². The van der Waals surface area contributed by atoms with Gasteiger partial charge in [-0.25, -0.2) is 4.98 Å². The number of carbonyl (C=O) groups is 1. The first-order valence-corrected chi connectivity index (χ1v) is 10.5. The van der Waals surface area contributed by atoms with E-state index >= 15 is 0 Å². The third-order valence-electron chi connectivity index (χ3n) is 6.27. The summed E-state index contributed by atoms with van der Waals surface area (Å²) in [6.07, 6.45) is -8.08. The highest BCUT2D eigenvalue weighted by atomic mass is 19.4. The van der Waals surface area contributed by atoms with Crippen molar-refractivity contribution in [3.05, 3.63) is 58.8 Å². The van der Waals surface area contributed by atoms with E-state index in [1.54, 1.807) is 7.05 Å². The molecule has 0 saturated heterocycles. The number of carbonyl (C=O) groups excluding carboxylic acids is 1. The number of pyridine rings is 1. The summed E-state index contributed by atoms with van der Waals surface area (Å²) in [6, 6.07) is 3.76. The van der Waals surface area contributed by atoms with Crippen LogP contribution in [0, 0.1) is 0 Å². The summed E-state index contributed by atoms with van der Waals surface area (Å²) in [6.45, 7) is -0.210. The van der Waals surface area contributed by atoms with Crippen LogP contribution in [0.5, 0.6) is 5.75 Å². The van der Waals surface area contributed by atoms with E-state index in [4.69, 9.17) is 10.5 Å². The molecule has 1 amide bonds. The predicted molar refractivity (Wildman–Crippen MR) is 117 cm³/mol. The second-order valence-electron chi connectivity index (χ2n) is 8.43. The molecule has 36 heavy (non-hydrogen) atoms. The lowest BCUT2D eigenvalue weighted by Crippen LogP contribution is -2.33. The summed E-state index contributed by atoms with van der Waals surface area (Å²) < 4.78 is 88.0. The van der Waals surface area contributed by atoms with E-state index in [1.807, 2.05) is 0 Å². The van der Waals surface area contributed by atoms with Crippen molar-refractivity contribution in [2.45, 2.75) is 18.4 Å². The van der Waals surface area contributed by atoms with Crippen molar-refractivity contribution in [1.29, 1.82) is 0 Å². The van der Waals surface area contributed by atoms with Crippen LogP contribution in [0.25, 0.3) is 21.8 Å². The molecule has 0 bridgehead atoms. The van der Waals surface area contributed by atoms with E-state index in [-0.39, 0.29) is 34.6 Å². The van der Waals surface area contributed by atoms with Crippen LogP contribution in [0.2, 0.25) is 0 Å². The minimum atomic E-state index is -4.90. The number of nitrogens with two attached hydrogens (primary N) is 1. The van der Waals surface area contributed by atoms with Gasteiger partial charge in [0.1, 0.15) is 18.2 Å². The van der Waals surface area contributed by atoms with Gasteiger partial charge in [0.2, 0.25) is 0 Å². The molecule has 3 heterocycles. The number of fused-ring (bicyclic) bond motifs is 4. The normalized spacial score (nSPS) is 15.8. The first-order chi connectivity index (χ1) is 16.8. The first-order valence-electron chi connectivity index (χ1n) is 10.5. The van der Waals surface area contributed by atoms with Crippen molar-refractivity contribution < 1.29 is 35.9 Å². The molecule has 1 atom stereocenters. The molecule has 1 aliphatic rings. The van der Waals surface area contributed by atoms with Gasteiger partial charge in [-0.2, -0.15) is 31.4 Å². The Bertz CT molecular complexity index is 1540. The third-order valence-corrected chi connectivity index (χ3v) is 6.27. The Hall–Kier alpha value is -4.03. The standard InChI is InChI=1S/C23H17F6N5O2/c1-33(17-9-36-18-5-10(22(24,25)26)3-4-11(17)18)21(35)12-6-13-16(7-15(12)23(27,28)29)32-20(30)14-8-31-34(2)19(13)14/h3-8,17H,9H2,1-2H3,(H2,30,32)/t17-/m1/s1. The monoisotopic (exact) mass is 509 g/mol. The number of halogens is 6. The number of amides is 1. The largest absolute Gasteiger partial charge is 0.491 e. The number of aromatic nitrogens is 3. The van der Waals surface area contributed by atoms with Gasteiger partial charge >= 0.3 is 12.4 Å². The van der Waals surface area contributed by atoms with Crippen molar-refractivity contribution in [3.8, 4) is 5.75 Å². The van der Waals surface area contributed by atoms with Gasteiger partial charge in [0.15, 0.2) is 0 Å². The third kappa shape index (κ3) is 3.65. The number of likely N-dealkylation sites (N-methyl/N-ethyl adjacent to an activating group) is 1. The smallest absolute Gasteiger partial charge is 0.417 e. The molecule has 5 rings (SSSR count). The zero-order chi connectivity index (χ0) is 26.2. The number of anilines is 1. The van der Waals surface area contributed by atoms with Gasteiger partial charge in [0, 0.05) is 25.0 Å². The van der Waals surface area contributed by atoms with Gasteiger partial charge in [-0.05, 0) is 24.3 Å². The van der Waals surface area contributed by atoms with Gasteiger partial charge in [0.05, 0.1) is 45.3 Å². The number of hydrogen-bond donors (Lipinski definition) is 1. The topological polar surface area (TPSA) is 86.3 Å². The molecule has 0 radical (unpaired) electrons. The quantitative estimate of drug-likeness (QED) is 0.387. The SMILES string of the molecule is CN(C(=O)c1cc2c(cc1C(F)(F)F)nc(N)c1cnn(C)c12)[C@@H]1COc2cc(C(F)(F)F)ccc21. The first kappa shape index (κ1) is 23.7. The highest BCUT2D eigenvalue weighted by Crippen LogP contribution is 2.42. The molecule has 7 nitrogen and oxygen atoms in total. The molecule has 0 fully saturated rings. The average molecular weight is 509 g/mol. The van der Waals surface area contributed by atoms with Gasteiger partial charge in [-0.3, -0.25) is 9.48 Å². The highest BCUT2D eigenvalue weighted by molar-refractivity contribution is 6.10. The molecular weight excluding hydrogens is 492 g/mol. The number of nitrogen functional groups attached to an aromatic ring is 1. The lowest BCUT2D eigenvalue weighted by Gasteiger charge is -2.25. The second-order valence-corrected chi connectivity index (χ2v) is 8.43. The number of alkyl halides is 6. The number of hydrogen-bond acceptors (Lipinski definition) is 5. The summed E-state index contributed by atoms with van der Waals surface area (Å²) in [5.41, 5.74) is 3.70. The summed E-state index contributed by atoms with van der Waals surface area (Å²) in [5.74, 6) is -1.08. The Labute approximate surface area is 199 Å². The van der Waals surface area contributed by atoms with Crippen molar-refractivity contribution >= 4 is 33.5 Å². The Balaban J connectivity index is 1.62. The zero-order valence-corrected chi connectivity index (χ0v) is 18.7. The van der Waals surface area contributed by atoms with Gasteiger partial charge in [-0.1, -0.05) is 6.07 Å². The molecule has 1 aliphatic heterocycles. The van der Waals surface area contributed by atoms with Gasteiger partial charge in [0.25, 0.3) is 5.91 Å². The van der Waals surface area contributed by atoms with Gasteiger partial charge < -0.3 is 15.4 Å². The van der Waals surface area contributed by atoms with Crippen LogP contribution in [-0.2, 0) is 19.4 Å². The minimum Gasteiger partial charge on any atom is -0.491 e. The molecule has 0 spiro atoms. The van der Waals surface area contributed by atoms with Crippen LogP contribution in [0.3, 0.4) is 0 Å². The van der Waals surface area contributed by atoms with Crippen LogP contribution < -0.4 is 10.5 Å². The lowest BCUT2D eigenvalue weighted by atomic mass is 9.99. The van der Waals surface area contributed by atoms with Crippen molar-refractivity contribution in [2.75, 3.05) is 19.4 Å². The zero-order valence-electron chi connectivity index (χ0n) is 18.7. The summed E-state index contributed by atoms with van der Waals surface area (Å²) in [7, 11) is 2.85. The Morgan fingerprint density at radius 3 is 2.50 bits per heavy atom. The van der Waals surface area contributed by atoms with E-state index in [0.717, 1.165) is 35.2 Å².